The summed E-state index contributed by atoms with van der Waals surface area (Å²) in [6.07, 6.45) is 2.24. The molecule has 1 fully saturated rings. The van der Waals surface area contributed by atoms with Gasteiger partial charge in [0.2, 0.25) is 0 Å². The maximum atomic E-state index is 12.0. The van der Waals surface area contributed by atoms with Gasteiger partial charge in [0.05, 0.1) is 5.52 Å². The summed E-state index contributed by atoms with van der Waals surface area (Å²) in [5.74, 6) is 0.513. The molecular weight excluding hydrogens is 228 g/mol. The highest BCUT2D eigenvalue weighted by Crippen LogP contribution is 2.17. The highest BCUT2D eigenvalue weighted by molar-refractivity contribution is 5.87. The second-order valence-electron chi connectivity index (χ2n) is 4.70. The van der Waals surface area contributed by atoms with Crippen LogP contribution in [-0.2, 0) is 6.54 Å². The van der Waals surface area contributed by atoms with Crippen LogP contribution in [0.2, 0.25) is 0 Å². The van der Waals surface area contributed by atoms with Gasteiger partial charge in [-0.2, -0.15) is 4.98 Å². The van der Waals surface area contributed by atoms with Crippen molar-refractivity contribution >= 4 is 16.7 Å². The summed E-state index contributed by atoms with van der Waals surface area (Å²) in [6.45, 7) is 1.61. The zero-order valence-electron chi connectivity index (χ0n) is 10.1. The number of hydrogen-bond acceptors (Lipinski definition) is 4. The zero-order valence-corrected chi connectivity index (χ0v) is 10.1. The number of nitrogens with two attached hydrogens (primary N) is 1. The molecule has 0 aliphatic carbocycles. The van der Waals surface area contributed by atoms with E-state index in [4.69, 9.17) is 5.73 Å². The molecule has 1 aliphatic rings. The Kier molecular flexibility index (Phi) is 2.76. The molecule has 1 saturated heterocycles. The van der Waals surface area contributed by atoms with E-state index in [1.807, 2.05) is 24.3 Å². The SMILES string of the molecule is Nc1c2ccccc2nc(=O)n1CC1CCCN1. The van der Waals surface area contributed by atoms with Crippen molar-refractivity contribution in [2.75, 3.05) is 12.3 Å². The van der Waals surface area contributed by atoms with Gasteiger partial charge in [-0.1, -0.05) is 12.1 Å². The van der Waals surface area contributed by atoms with E-state index in [2.05, 4.69) is 10.3 Å². The van der Waals surface area contributed by atoms with E-state index in [1.165, 1.54) is 0 Å². The molecule has 1 atom stereocenters. The van der Waals surface area contributed by atoms with E-state index in [-0.39, 0.29) is 5.69 Å². The van der Waals surface area contributed by atoms with Crippen LogP contribution in [-0.4, -0.2) is 22.1 Å². The molecular formula is C13H16N4O. The fourth-order valence-corrected chi connectivity index (χ4v) is 2.51. The average Bonchev–Trinajstić information content (AvgIpc) is 2.87. The van der Waals surface area contributed by atoms with Gasteiger partial charge in [-0.05, 0) is 31.5 Å². The monoisotopic (exact) mass is 244 g/mol. The molecule has 2 aromatic rings. The topological polar surface area (TPSA) is 72.9 Å². The van der Waals surface area contributed by atoms with Crippen molar-refractivity contribution in [2.45, 2.75) is 25.4 Å². The van der Waals surface area contributed by atoms with Gasteiger partial charge in [0, 0.05) is 18.0 Å². The lowest BCUT2D eigenvalue weighted by molar-refractivity contribution is 0.500. The molecule has 0 bridgehead atoms. The summed E-state index contributed by atoms with van der Waals surface area (Å²) >= 11 is 0. The number of para-hydroxylation sites is 1. The number of fused-ring (bicyclic) bond motifs is 1. The number of nitrogens with one attached hydrogen (secondary N) is 1. The standard InChI is InChI=1S/C13H16N4O/c14-12-10-5-1-2-6-11(10)16-13(18)17(12)8-9-4-3-7-15-9/h1-2,5-6,9,15H,3-4,7-8,14H2. The molecule has 2 heterocycles. The van der Waals surface area contributed by atoms with E-state index in [0.717, 1.165) is 24.8 Å². The summed E-state index contributed by atoms with van der Waals surface area (Å²) in [4.78, 5) is 16.1. The quantitative estimate of drug-likeness (QED) is 0.817. The number of benzene rings is 1. The molecule has 3 rings (SSSR count). The maximum Gasteiger partial charge on any atom is 0.349 e. The Morgan fingerprint density at radius 1 is 1.44 bits per heavy atom. The third-order valence-corrected chi connectivity index (χ3v) is 3.48. The van der Waals surface area contributed by atoms with Crippen molar-refractivity contribution in [3.05, 3.63) is 34.7 Å². The molecule has 5 nitrogen and oxygen atoms in total. The predicted octanol–water partition coefficient (Wildman–Crippen LogP) is 0.731. The molecule has 1 aromatic heterocycles. The second-order valence-corrected chi connectivity index (χ2v) is 4.70. The minimum atomic E-state index is -0.264. The van der Waals surface area contributed by atoms with Gasteiger partial charge in [-0.3, -0.25) is 4.57 Å². The highest BCUT2D eigenvalue weighted by Gasteiger charge is 2.17. The van der Waals surface area contributed by atoms with Gasteiger partial charge in [0.1, 0.15) is 5.82 Å². The van der Waals surface area contributed by atoms with Crippen molar-refractivity contribution in [3.8, 4) is 0 Å². The van der Waals surface area contributed by atoms with Crippen molar-refractivity contribution in [3.63, 3.8) is 0 Å². The Hall–Kier alpha value is -1.88. The van der Waals surface area contributed by atoms with Crippen molar-refractivity contribution < 1.29 is 0 Å². The summed E-state index contributed by atoms with van der Waals surface area (Å²) in [7, 11) is 0. The lowest BCUT2D eigenvalue weighted by atomic mass is 10.2. The number of aromatic nitrogens is 2. The highest BCUT2D eigenvalue weighted by atomic mass is 16.1. The first-order valence-corrected chi connectivity index (χ1v) is 6.24. The van der Waals surface area contributed by atoms with E-state index in [0.29, 0.717) is 23.9 Å². The Morgan fingerprint density at radius 2 is 2.28 bits per heavy atom. The number of anilines is 1. The van der Waals surface area contributed by atoms with Crippen molar-refractivity contribution in [2.24, 2.45) is 0 Å². The number of hydrogen-bond donors (Lipinski definition) is 2. The van der Waals surface area contributed by atoms with Gasteiger partial charge in [0.15, 0.2) is 0 Å². The number of nitrogens with zero attached hydrogens (tertiary/aromatic N) is 2. The van der Waals surface area contributed by atoms with Crippen LogP contribution in [0.15, 0.2) is 29.1 Å². The Morgan fingerprint density at radius 3 is 3.06 bits per heavy atom. The third-order valence-electron chi connectivity index (χ3n) is 3.48. The number of nitrogen functional groups attached to an aromatic ring is 1. The van der Waals surface area contributed by atoms with E-state index in [1.54, 1.807) is 4.57 Å². The summed E-state index contributed by atoms with van der Waals surface area (Å²) in [5.41, 5.74) is 6.49. The Balaban J connectivity index is 2.07. The van der Waals surface area contributed by atoms with Crippen molar-refractivity contribution in [1.82, 2.24) is 14.9 Å². The lowest BCUT2D eigenvalue weighted by Crippen LogP contribution is -2.34. The molecule has 1 aliphatic heterocycles. The van der Waals surface area contributed by atoms with E-state index < -0.39 is 0 Å². The van der Waals surface area contributed by atoms with Gasteiger partial charge < -0.3 is 11.1 Å². The maximum absolute atomic E-state index is 12.0. The first-order chi connectivity index (χ1) is 8.75. The minimum absolute atomic E-state index is 0.264. The smallest absolute Gasteiger partial charge is 0.349 e. The predicted molar refractivity (Wildman–Crippen MR) is 71.4 cm³/mol. The van der Waals surface area contributed by atoms with E-state index in [9.17, 15) is 4.79 Å². The fraction of sp³-hybridized carbons (Fsp3) is 0.385. The molecule has 18 heavy (non-hydrogen) atoms. The van der Waals surface area contributed by atoms with Crippen LogP contribution < -0.4 is 16.7 Å². The van der Waals surface area contributed by atoms with Crippen LogP contribution >= 0.6 is 0 Å². The van der Waals surface area contributed by atoms with Gasteiger partial charge in [-0.25, -0.2) is 4.79 Å². The molecule has 94 valence electrons. The Bertz CT molecular complexity index is 628. The first-order valence-electron chi connectivity index (χ1n) is 6.24. The molecule has 0 saturated carbocycles. The zero-order chi connectivity index (χ0) is 12.5. The normalized spacial score (nSPS) is 19.4. The first kappa shape index (κ1) is 11.2. The molecule has 1 unspecified atom stereocenters. The molecule has 0 radical (unpaired) electrons. The summed E-state index contributed by atoms with van der Waals surface area (Å²) < 4.78 is 1.57. The molecule has 0 spiro atoms. The van der Waals surface area contributed by atoms with Crippen LogP contribution in [0.1, 0.15) is 12.8 Å². The van der Waals surface area contributed by atoms with Gasteiger partial charge >= 0.3 is 5.69 Å². The summed E-state index contributed by atoms with van der Waals surface area (Å²) in [6, 6.07) is 7.80. The van der Waals surface area contributed by atoms with E-state index >= 15 is 0 Å². The largest absolute Gasteiger partial charge is 0.384 e. The number of rotatable bonds is 2. The summed E-state index contributed by atoms with van der Waals surface area (Å²) in [5, 5.41) is 4.21. The fourth-order valence-electron chi connectivity index (χ4n) is 2.51. The minimum Gasteiger partial charge on any atom is -0.384 e. The van der Waals surface area contributed by atoms with Crippen LogP contribution in [0.25, 0.3) is 10.9 Å². The molecule has 3 N–H and O–H groups in total. The van der Waals surface area contributed by atoms with Gasteiger partial charge in [-0.15, -0.1) is 0 Å². The Labute approximate surface area is 105 Å². The molecule has 5 heteroatoms. The van der Waals surface area contributed by atoms with Crippen LogP contribution in [0, 0.1) is 0 Å². The molecule has 1 aromatic carbocycles. The molecule has 0 amide bonds. The van der Waals surface area contributed by atoms with Gasteiger partial charge in [0.25, 0.3) is 0 Å². The van der Waals surface area contributed by atoms with Crippen LogP contribution in [0.4, 0.5) is 5.82 Å². The average molecular weight is 244 g/mol. The van der Waals surface area contributed by atoms with Crippen LogP contribution in [0.3, 0.4) is 0 Å². The lowest BCUT2D eigenvalue weighted by Gasteiger charge is -2.15. The third kappa shape index (κ3) is 1.86. The second kappa shape index (κ2) is 4.42. The van der Waals surface area contributed by atoms with Crippen molar-refractivity contribution in [1.29, 1.82) is 0 Å². The van der Waals surface area contributed by atoms with Crippen LogP contribution in [0.5, 0.6) is 0 Å².